The molecule has 0 fully saturated rings. The summed E-state index contributed by atoms with van der Waals surface area (Å²) < 4.78 is 20.5. The lowest BCUT2D eigenvalue weighted by Crippen LogP contribution is -2.19. The second kappa shape index (κ2) is 12.9. The summed E-state index contributed by atoms with van der Waals surface area (Å²) in [4.78, 5) is 19.2. The SMILES string of the molecule is CN(C)CCOc1cc(F)cc(-c2ccnc3[nH]c(-c4n[nH]c5cnc(-c6cncc(CNCc7ccccc7)c6)cc45)cc23)c1. The van der Waals surface area contributed by atoms with Crippen molar-refractivity contribution in [1.29, 1.82) is 0 Å². The van der Waals surface area contributed by atoms with E-state index in [-0.39, 0.29) is 5.82 Å². The number of H-pyrrole nitrogens is 2. The topological polar surface area (TPSA) is 108 Å². The normalized spacial score (nSPS) is 11.6. The number of halogens is 1. The molecule has 0 aliphatic carbocycles. The first-order valence-corrected chi connectivity index (χ1v) is 15.1. The first-order chi connectivity index (χ1) is 22.5. The van der Waals surface area contributed by atoms with Crippen LogP contribution >= 0.6 is 0 Å². The summed E-state index contributed by atoms with van der Waals surface area (Å²) in [5.41, 5.74) is 8.58. The second-order valence-corrected chi connectivity index (χ2v) is 11.5. The summed E-state index contributed by atoms with van der Waals surface area (Å²) in [6, 6.07) is 23.1. The van der Waals surface area contributed by atoms with Crippen molar-refractivity contribution >= 4 is 21.9 Å². The zero-order valence-electron chi connectivity index (χ0n) is 25.6. The minimum atomic E-state index is -0.359. The van der Waals surface area contributed by atoms with Crippen LogP contribution in [0.1, 0.15) is 11.1 Å². The molecule has 9 nitrogen and oxygen atoms in total. The van der Waals surface area contributed by atoms with Crippen LogP contribution in [0.2, 0.25) is 0 Å². The molecule has 0 saturated carbocycles. The third kappa shape index (κ3) is 6.35. The molecule has 0 amide bonds. The van der Waals surface area contributed by atoms with Crippen LogP contribution < -0.4 is 10.1 Å². The molecule has 7 rings (SSSR count). The Morgan fingerprint density at radius 1 is 0.848 bits per heavy atom. The summed E-state index contributed by atoms with van der Waals surface area (Å²) in [6.45, 7) is 2.66. The first-order valence-electron chi connectivity index (χ1n) is 15.1. The van der Waals surface area contributed by atoms with E-state index in [1.807, 2.05) is 73.9 Å². The Bertz CT molecular complexity index is 2120. The lowest BCUT2D eigenvalue weighted by atomic mass is 10.0. The molecule has 0 aliphatic rings. The van der Waals surface area contributed by atoms with E-state index in [0.29, 0.717) is 30.1 Å². The number of pyridine rings is 3. The summed E-state index contributed by atoms with van der Waals surface area (Å²) in [6.07, 6.45) is 7.20. The van der Waals surface area contributed by atoms with Gasteiger partial charge in [0.1, 0.15) is 29.5 Å². The fourth-order valence-corrected chi connectivity index (χ4v) is 5.51. The highest BCUT2D eigenvalue weighted by atomic mass is 19.1. The molecule has 0 spiro atoms. The van der Waals surface area contributed by atoms with E-state index < -0.39 is 0 Å². The average Bonchev–Trinajstić information content (AvgIpc) is 3.69. The molecule has 2 aromatic carbocycles. The van der Waals surface area contributed by atoms with Gasteiger partial charge in [0.15, 0.2) is 0 Å². The highest BCUT2D eigenvalue weighted by Gasteiger charge is 2.16. The largest absolute Gasteiger partial charge is 0.492 e. The van der Waals surface area contributed by atoms with Crippen molar-refractivity contribution in [3.63, 3.8) is 0 Å². The minimum Gasteiger partial charge on any atom is -0.492 e. The summed E-state index contributed by atoms with van der Waals surface area (Å²) in [7, 11) is 3.94. The Morgan fingerprint density at radius 2 is 1.72 bits per heavy atom. The van der Waals surface area contributed by atoms with Gasteiger partial charge in [0, 0.05) is 60.6 Å². The van der Waals surface area contributed by atoms with Crippen molar-refractivity contribution in [3.05, 3.63) is 115 Å². The lowest BCUT2D eigenvalue weighted by Gasteiger charge is -2.12. The van der Waals surface area contributed by atoms with E-state index >= 15 is 0 Å². The summed E-state index contributed by atoms with van der Waals surface area (Å²) >= 11 is 0. The Morgan fingerprint density at radius 3 is 2.59 bits per heavy atom. The molecule has 230 valence electrons. The second-order valence-electron chi connectivity index (χ2n) is 11.5. The molecule has 10 heteroatoms. The predicted molar refractivity (Wildman–Crippen MR) is 179 cm³/mol. The molecule has 7 aromatic rings. The number of rotatable bonds is 11. The molecular weight excluding hydrogens is 579 g/mol. The fraction of sp³-hybridized carbons (Fsp3) is 0.167. The molecule has 5 aromatic heterocycles. The van der Waals surface area contributed by atoms with Gasteiger partial charge < -0.3 is 19.9 Å². The number of hydrogen-bond acceptors (Lipinski definition) is 7. The van der Waals surface area contributed by atoms with Gasteiger partial charge in [0.05, 0.1) is 23.1 Å². The quantitative estimate of drug-likeness (QED) is 0.151. The van der Waals surface area contributed by atoms with Crippen molar-refractivity contribution < 1.29 is 9.13 Å². The first kappa shape index (κ1) is 29.3. The Balaban J connectivity index is 1.17. The zero-order valence-corrected chi connectivity index (χ0v) is 25.6. The van der Waals surface area contributed by atoms with E-state index in [1.54, 1.807) is 12.4 Å². The van der Waals surface area contributed by atoms with Crippen molar-refractivity contribution in [3.8, 4) is 39.5 Å². The van der Waals surface area contributed by atoms with Gasteiger partial charge in [-0.25, -0.2) is 9.37 Å². The Kier molecular flexibility index (Phi) is 8.20. The van der Waals surface area contributed by atoms with Crippen LogP contribution in [0.4, 0.5) is 4.39 Å². The average molecular weight is 613 g/mol. The maximum Gasteiger partial charge on any atom is 0.138 e. The zero-order chi connectivity index (χ0) is 31.5. The summed E-state index contributed by atoms with van der Waals surface area (Å²) in [5, 5.41) is 13.0. The molecule has 0 radical (unpaired) electrons. The van der Waals surface area contributed by atoms with Gasteiger partial charge in [-0.3, -0.25) is 15.1 Å². The molecule has 0 unspecified atom stereocenters. The van der Waals surface area contributed by atoms with Crippen LogP contribution in [-0.2, 0) is 13.1 Å². The highest BCUT2D eigenvalue weighted by Crippen LogP contribution is 2.35. The van der Waals surface area contributed by atoms with Gasteiger partial charge in [-0.1, -0.05) is 30.3 Å². The van der Waals surface area contributed by atoms with Crippen LogP contribution in [0.15, 0.2) is 97.6 Å². The number of hydrogen-bond donors (Lipinski definition) is 3. The molecule has 0 atom stereocenters. The molecule has 3 N–H and O–H groups in total. The Labute approximate surface area is 265 Å². The van der Waals surface area contributed by atoms with Gasteiger partial charge in [0.25, 0.3) is 0 Å². The molecule has 0 aliphatic heterocycles. The Hall–Kier alpha value is -5.45. The number of fused-ring (bicyclic) bond motifs is 2. The number of nitrogens with zero attached hydrogens (tertiary/aromatic N) is 5. The van der Waals surface area contributed by atoms with Gasteiger partial charge in [-0.15, -0.1) is 0 Å². The van der Waals surface area contributed by atoms with Gasteiger partial charge in [-0.2, -0.15) is 5.10 Å². The highest BCUT2D eigenvalue weighted by molar-refractivity contribution is 6.00. The van der Waals surface area contributed by atoms with Crippen molar-refractivity contribution in [2.75, 3.05) is 27.2 Å². The number of aromatic nitrogens is 6. The van der Waals surface area contributed by atoms with E-state index in [2.05, 4.69) is 48.7 Å². The van der Waals surface area contributed by atoms with Crippen LogP contribution in [0.3, 0.4) is 0 Å². The van der Waals surface area contributed by atoms with Crippen LogP contribution in [-0.4, -0.2) is 62.3 Å². The third-order valence-corrected chi connectivity index (χ3v) is 7.82. The lowest BCUT2D eigenvalue weighted by molar-refractivity contribution is 0.260. The molecule has 46 heavy (non-hydrogen) atoms. The minimum absolute atomic E-state index is 0.359. The van der Waals surface area contributed by atoms with Gasteiger partial charge >= 0.3 is 0 Å². The molecule has 0 saturated heterocycles. The fourth-order valence-electron chi connectivity index (χ4n) is 5.51. The van der Waals surface area contributed by atoms with Crippen LogP contribution in [0.25, 0.3) is 55.7 Å². The maximum atomic E-state index is 14.7. The molecule has 0 bridgehead atoms. The predicted octanol–water partition coefficient (Wildman–Crippen LogP) is 6.60. The summed E-state index contributed by atoms with van der Waals surface area (Å²) in [5.74, 6) is 0.128. The van der Waals surface area contributed by atoms with E-state index in [9.17, 15) is 4.39 Å². The van der Waals surface area contributed by atoms with E-state index in [4.69, 9.17) is 9.72 Å². The van der Waals surface area contributed by atoms with E-state index in [0.717, 1.165) is 63.2 Å². The van der Waals surface area contributed by atoms with Crippen molar-refractivity contribution in [2.45, 2.75) is 13.1 Å². The van der Waals surface area contributed by atoms with Crippen LogP contribution in [0.5, 0.6) is 5.75 Å². The number of ether oxygens (including phenoxy) is 1. The third-order valence-electron chi connectivity index (χ3n) is 7.82. The smallest absolute Gasteiger partial charge is 0.138 e. The van der Waals surface area contributed by atoms with Gasteiger partial charge in [-0.05, 0) is 72.7 Å². The number of benzene rings is 2. The van der Waals surface area contributed by atoms with Crippen LogP contribution in [0, 0.1) is 5.82 Å². The standard InChI is InChI=1S/C36H33FN8O/c1-45(2)10-11-46-28-14-25(13-27(37)15-28)29-8-9-40-36-30(29)16-33(42-36)35-31-17-32(41-22-34(31)43-44-35)26-12-24(20-39-21-26)19-38-18-23-6-4-3-5-7-23/h3-9,12-17,20-22,38H,10-11,18-19H2,1-2H3,(H,40,42)(H,43,44). The van der Waals surface area contributed by atoms with E-state index in [1.165, 1.54) is 17.7 Å². The van der Waals surface area contributed by atoms with Crippen molar-refractivity contribution in [1.82, 2.24) is 40.3 Å². The van der Waals surface area contributed by atoms with Gasteiger partial charge in [0.2, 0.25) is 0 Å². The maximum absolute atomic E-state index is 14.7. The molecular formula is C36H33FN8O. The van der Waals surface area contributed by atoms with Crippen molar-refractivity contribution in [2.24, 2.45) is 0 Å². The number of nitrogens with one attached hydrogen (secondary N) is 3. The monoisotopic (exact) mass is 612 g/mol. The number of aromatic amines is 2. The number of likely N-dealkylation sites (N-methyl/N-ethyl adjacent to an activating group) is 1. The molecule has 5 heterocycles.